The van der Waals surface area contributed by atoms with Gasteiger partial charge >= 0.3 is 0 Å². The second-order valence-electron chi connectivity index (χ2n) is 4.36. The van der Waals surface area contributed by atoms with Crippen LogP contribution in [0.1, 0.15) is 23.4 Å². The number of nitrogens with one attached hydrogen (secondary N) is 1. The molecule has 4 nitrogen and oxygen atoms in total. The van der Waals surface area contributed by atoms with Crippen molar-refractivity contribution in [3.63, 3.8) is 0 Å². The number of rotatable bonds is 2. The van der Waals surface area contributed by atoms with Gasteiger partial charge in [-0.3, -0.25) is 4.68 Å². The molecular weight excluding hydrogens is 188 g/mol. The minimum absolute atomic E-state index is 0.871. The van der Waals surface area contributed by atoms with Crippen LogP contribution in [0.4, 0.5) is 0 Å². The molecule has 1 N–H and O–H groups in total. The maximum Gasteiger partial charge on any atom is 0.0794 e. The summed E-state index contributed by atoms with van der Waals surface area (Å²) >= 11 is 0. The first kappa shape index (κ1) is 10.6. The van der Waals surface area contributed by atoms with E-state index in [1.54, 1.807) is 0 Å². The van der Waals surface area contributed by atoms with Gasteiger partial charge in [0.15, 0.2) is 0 Å². The van der Waals surface area contributed by atoms with Crippen molar-refractivity contribution in [2.24, 2.45) is 0 Å². The van der Waals surface area contributed by atoms with E-state index < -0.39 is 0 Å². The summed E-state index contributed by atoms with van der Waals surface area (Å²) in [5.74, 6) is 0. The molecule has 0 bridgehead atoms. The fourth-order valence-corrected chi connectivity index (χ4v) is 2.19. The van der Waals surface area contributed by atoms with E-state index in [9.17, 15) is 0 Å². The van der Waals surface area contributed by atoms with E-state index in [1.807, 2.05) is 7.05 Å². The molecule has 0 atom stereocenters. The van der Waals surface area contributed by atoms with Crippen LogP contribution in [-0.2, 0) is 19.6 Å². The fraction of sp³-hybridized carbons (Fsp3) is 0.727. The summed E-state index contributed by atoms with van der Waals surface area (Å²) in [5.41, 5.74) is 3.95. The number of aryl methyl sites for hydroxylation is 1. The lowest BCUT2D eigenvalue weighted by molar-refractivity contribution is 0.331. The molecule has 0 saturated heterocycles. The zero-order chi connectivity index (χ0) is 10.8. The van der Waals surface area contributed by atoms with Crippen molar-refractivity contribution in [3.05, 3.63) is 17.0 Å². The SMILES string of the molecule is CNCc1nn2c(c1C)CN(C)CCC2. The van der Waals surface area contributed by atoms with E-state index in [1.165, 1.54) is 29.9 Å². The van der Waals surface area contributed by atoms with Crippen LogP contribution in [-0.4, -0.2) is 35.3 Å². The van der Waals surface area contributed by atoms with E-state index in [2.05, 4.69) is 34.0 Å². The number of hydrogen-bond donors (Lipinski definition) is 1. The standard InChI is InChI=1S/C11H20N4/c1-9-10(7-12-2)13-15-6-4-5-14(3)8-11(9)15/h12H,4-8H2,1-3H3. The van der Waals surface area contributed by atoms with Crippen molar-refractivity contribution >= 4 is 0 Å². The van der Waals surface area contributed by atoms with Crippen LogP contribution in [0.25, 0.3) is 0 Å². The number of hydrogen-bond acceptors (Lipinski definition) is 3. The Morgan fingerprint density at radius 1 is 1.40 bits per heavy atom. The summed E-state index contributed by atoms with van der Waals surface area (Å²) < 4.78 is 2.19. The van der Waals surface area contributed by atoms with E-state index in [4.69, 9.17) is 0 Å². The van der Waals surface area contributed by atoms with Gasteiger partial charge in [-0.15, -0.1) is 0 Å². The molecule has 4 heteroatoms. The maximum absolute atomic E-state index is 4.66. The molecule has 0 amide bonds. The lowest BCUT2D eigenvalue weighted by atomic mass is 10.2. The van der Waals surface area contributed by atoms with Crippen LogP contribution in [0.15, 0.2) is 0 Å². The maximum atomic E-state index is 4.66. The van der Waals surface area contributed by atoms with Crippen molar-refractivity contribution in [3.8, 4) is 0 Å². The average Bonchev–Trinajstić information content (AvgIpc) is 2.40. The first-order valence-electron chi connectivity index (χ1n) is 5.60. The van der Waals surface area contributed by atoms with Crippen LogP contribution in [0, 0.1) is 6.92 Å². The molecule has 0 spiro atoms. The molecule has 0 fully saturated rings. The Labute approximate surface area is 91.3 Å². The monoisotopic (exact) mass is 208 g/mol. The molecular formula is C11H20N4. The van der Waals surface area contributed by atoms with Crippen molar-refractivity contribution < 1.29 is 0 Å². The molecule has 0 radical (unpaired) electrons. The van der Waals surface area contributed by atoms with Gasteiger partial charge in [0.05, 0.1) is 11.4 Å². The third-order valence-corrected chi connectivity index (χ3v) is 3.09. The number of fused-ring (bicyclic) bond motifs is 1. The van der Waals surface area contributed by atoms with Crippen LogP contribution in [0.5, 0.6) is 0 Å². The molecule has 0 aromatic carbocycles. The van der Waals surface area contributed by atoms with Crippen LogP contribution in [0.2, 0.25) is 0 Å². The van der Waals surface area contributed by atoms with Crippen LogP contribution < -0.4 is 5.32 Å². The molecule has 1 aliphatic heterocycles. The molecule has 1 aromatic heterocycles. The zero-order valence-corrected chi connectivity index (χ0v) is 9.88. The van der Waals surface area contributed by atoms with Gasteiger partial charge in [0, 0.05) is 26.2 Å². The van der Waals surface area contributed by atoms with E-state index >= 15 is 0 Å². The highest BCUT2D eigenvalue weighted by Gasteiger charge is 2.17. The number of aromatic nitrogens is 2. The summed E-state index contributed by atoms with van der Waals surface area (Å²) in [4.78, 5) is 2.37. The lowest BCUT2D eigenvalue weighted by Gasteiger charge is -2.12. The van der Waals surface area contributed by atoms with Gasteiger partial charge in [-0.05, 0) is 33.0 Å². The Bertz CT molecular complexity index is 343. The second-order valence-corrected chi connectivity index (χ2v) is 4.36. The normalized spacial score (nSPS) is 17.5. The molecule has 0 saturated carbocycles. The first-order valence-corrected chi connectivity index (χ1v) is 5.60. The zero-order valence-electron chi connectivity index (χ0n) is 9.88. The minimum atomic E-state index is 0.871. The van der Waals surface area contributed by atoms with Gasteiger partial charge in [-0.2, -0.15) is 5.10 Å². The third kappa shape index (κ3) is 2.06. The summed E-state index contributed by atoms with van der Waals surface area (Å²) in [7, 11) is 4.15. The van der Waals surface area contributed by atoms with Gasteiger partial charge < -0.3 is 10.2 Å². The van der Waals surface area contributed by atoms with Crippen molar-refractivity contribution in [1.82, 2.24) is 20.0 Å². The molecule has 84 valence electrons. The largest absolute Gasteiger partial charge is 0.314 e. The van der Waals surface area contributed by atoms with Gasteiger partial charge in [0.25, 0.3) is 0 Å². The summed E-state index contributed by atoms with van der Waals surface area (Å²) in [5, 5.41) is 7.83. The highest BCUT2D eigenvalue weighted by molar-refractivity contribution is 5.25. The van der Waals surface area contributed by atoms with Crippen LogP contribution in [0.3, 0.4) is 0 Å². The molecule has 0 aliphatic carbocycles. The molecule has 1 aromatic rings. The Hall–Kier alpha value is -0.870. The molecule has 2 rings (SSSR count). The van der Waals surface area contributed by atoms with Gasteiger partial charge in [-0.25, -0.2) is 0 Å². The Morgan fingerprint density at radius 3 is 2.93 bits per heavy atom. The Kier molecular flexibility index (Phi) is 3.07. The Morgan fingerprint density at radius 2 is 2.20 bits per heavy atom. The van der Waals surface area contributed by atoms with Gasteiger partial charge in [0.2, 0.25) is 0 Å². The van der Waals surface area contributed by atoms with Crippen molar-refractivity contribution in [1.29, 1.82) is 0 Å². The minimum Gasteiger partial charge on any atom is -0.314 e. The summed E-state index contributed by atoms with van der Waals surface area (Å²) in [6.45, 7) is 6.32. The summed E-state index contributed by atoms with van der Waals surface area (Å²) in [6.07, 6.45) is 1.20. The van der Waals surface area contributed by atoms with Crippen molar-refractivity contribution in [2.45, 2.75) is 33.0 Å². The highest BCUT2D eigenvalue weighted by Crippen LogP contribution is 2.18. The topological polar surface area (TPSA) is 33.1 Å². The van der Waals surface area contributed by atoms with E-state index in [0.29, 0.717) is 0 Å². The molecule has 2 heterocycles. The predicted octanol–water partition coefficient (Wildman–Crippen LogP) is 0.746. The van der Waals surface area contributed by atoms with Crippen LogP contribution >= 0.6 is 0 Å². The van der Waals surface area contributed by atoms with Crippen molar-refractivity contribution in [2.75, 3.05) is 20.6 Å². The highest BCUT2D eigenvalue weighted by atomic mass is 15.3. The van der Waals surface area contributed by atoms with E-state index in [0.717, 1.165) is 19.6 Å². The Balaban J connectivity index is 2.31. The summed E-state index contributed by atoms with van der Waals surface area (Å²) in [6, 6.07) is 0. The van der Waals surface area contributed by atoms with Gasteiger partial charge in [0.1, 0.15) is 0 Å². The van der Waals surface area contributed by atoms with Gasteiger partial charge in [-0.1, -0.05) is 0 Å². The predicted molar refractivity (Wildman–Crippen MR) is 60.7 cm³/mol. The quantitative estimate of drug-likeness (QED) is 0.778. The smallest absolute Gasteiger partial charge is 0.0794 e. The molecule has 15 heavy (non-hydrogen) atoms. The average molecular weight is 208 g/mol. The second kappa shape index (κ2) is 4.33. The third-order valence-electron chi connectivity index (χ3n) is 3.09. The fourth-order valence-electron chi connectivity index (χ4n) is 2.19. The van der Waals surface area contributed by atoms with E-state index in [-0.39, 0.29) is 0 Å². The first-order chi connectivity index (χ1) is 7.22. The molecule has 0 unspecified atom stereocenters. The lowest BCUT2D eigenvalue weighted by Crippen LogP contribution is -2.17. The number of nitrogens with zero attached hydrogens (tertiary/aromatic N) is 3. The molecule has 1 aliphatic rings.